The lowest BCUT2D eigenvalue weighted by Gasteiger charge is -2.06. The Hall–Kier alpha value is -3.41. The average molecular weight is 364 g/mol. The second kappa shape index (κ2) is 8.80. The number of esters is 1. The highest BCUT2D eigenvalue weighted by atomic mass is 16.5. The first kappa shape index (κ1) is 18.4. The number of nitrogens with zero attached hydrogens (tertiary/aromatic N) is 1. The number of hydrogen-bond donors (Lipinski definition) is 1. The van der Waals surface area contributed by atoms with Crippen molar-refractivity contribution in [1.29, 1.82) is 0 Å². The summed E-state index contributed by atoms with van der Waals surface area (Å²) in [5.41, 5.74) is 1.96. The zero-order chi connectivity index (χ0) is 19.1. The molecular weight excluding hydrogens is 344 g/mol. The highest BCUT2D eigenvalue weighted by molar-refractivity contribution is 5.90. The molecule has 0 aliphatic heterocycles. The molecule has 6 nitrogen and oxygen atoms in total. The van der Waals surface area contributed by atoms with Crippen LogP contribution in [-0.4, -0.2) is 30.0 Å². The second-order valence-corrected chi connectivity index (χ2v) is 5.95. The molecule has 0 bridgehead atoms. The van der Waals surface area contributed by atoms with Gasteiger partial charge in [-0.1, -0.05) is 48.5 Å². The Morgan fingerprint density at radius 2 is 1.70 bits per heavy atom. The van der Waals surface area contributed by atoms with E-state index in [0.29, 0.717) is 24.6 Å². The Morgan fingerprint density at radius 3 is 2.41 bits per heavy atom. The summed E-state index contributed by atoms with van der Waals surface area (Å²) in [6.45, 7) is 1.75. The molecule has 3 aromatic rings. The summed E-state index contributed by atoms with van der Waals surface area (Å²) in [7, 11) is 0. The van der Waals surface area contributed by atoms with Gasteiger partial charge in [-0.2, -0.15) is 0 Å². The number of oxazole rings is 1. The molecule has 1 aromatic heterocycles. The van der Waals surface area contributed by atoms with Crippen LogP contribution in [0, 0.1) is 6.92 Å². The molecular formula is C21H20N2O4. The van der Waals surface area contributed by atoms with Crippen LogP contribution in [0.2, 0.25) is 0 Å². The number of amides is 1. The van der Waals surface area contributed by atoms with E-state index < -0.39 is 5.97 Å². The number of carbonyl (C=O) groups excluding carboxylic acids is 2. The van der Waals surface area contributed by atoms with E-state index in [1.54, 1.807) is 6.92 Å². The number of carbonyl (C=O) groups is 2. The van der Waals surface area contributed by atoms with Gasteiger partial charge in [0, 0.05) is 12.1 Å². The zero-order valence-electron chi connectivity index (χ0n) is 15.0. The van der Waals surface area contributed by atoms with Gasteiger partial charge < -0.3 is 14.5 Å². The van der Waals surface area contributed by atoms with E-state index in [4.69, 9.17) is 9.15 Å². The first-order chi connectivity index (χ1) is 13.1. The smallest absolute Gasteiger partial charge is 0.361 e. The molecule has 3 rings (SSSR count). The van der Waals surface area contributed by atoms with E-state index in [0.717, 1.165) is 11.1 Å². The number of aryl methyl sites for hydroxylation is 1. The van der Waals surface area contributed by atoms with Gasteiger partial charge in [0.2, 0.25) is 5.89 Å². The summed E-state index contributed by atoms with van der Waals surface area (Å²) in [4.78, 5) is 28.2. The van der Waals surface area contributed by atoms with Crippen LogP contribution in [0.3, 0.4) is 0 Å². The molecule has 0 aliphatic carbocycles. The normalized spacial score (nSPS) is 10.4. The molecule has 0 saturated heterocycles. The Labute approximate surface area is 157 Å². The molecule has 0 fully saturated rings. The average Bonchev–Trinajstić information content (AvgIpc) is 3.09. The minimum Gasteiger partial charge on any atom is -0.451 e. The SMILES string of the molecule is Cc1oc(-c2ccccc2)nc1C(=O)OCC(=O)NCCc1ccccc1. The van der Waals surface area contributed by atoms with Crippen molar-refractivity contribution in [2.45, 2.75) is 13.3 Å². The van der Waals surface area contributed by atoms with Crippen molar-refractivity contribution in [3.63, 3.8) is 0 Å². The Morgan fingerprint density at radius 1 is 1.04 bits per heavy atom. The molecule has 2 aromatic carbocycles. The summed E-state index contributed by atoms with van der Waals surface area (Å²) in [6.07, 6.45) is 0.712. The molecule has 1 amide bonds. The molecule has 0 spiro atoms. The van der Waals surface area contributed by atoms with Crippen molar-refractivity contribution in [3.05, 3.63) is 77.7 Å². The standard InChI is InChI=1S/C21H20N2O4/c1-15-19(23-20(27-15)17-10-6-3-7-11-17)21(25)26-14-18(24)22-13-12-16-8-4-2-5-9-16/h2-11H,12-14H2,1H3,(H,22,24). The molecule has 1 heterocycles. The Bertz CT molecular complexity index is 904. The molecule has 1 N–H and O–H groups in total. The van der Waals surface area contributed by atoms with Gasteiger partial charge >= 0.3 is 5.97 Å². The van der Waals surface area contributed by atoms with Crippen molar-refractivity contribution < 1.29 is 18.7 Å². The first-order valence-electron chi connectivity index (χ1n) is 8.64. The van der Waals surface area contributed by atoms with Gasteiger partial charge in [0.15, 0.2) is 12.3 Å². The van der Waals surface area contributed by atoms with Crippen LogP contribution in [0.1, 0.15) is 21.8 Å². The molecule has 27 heavy (non-hydrogen) atoms. The van der Waals surface area contributed by atoms with Gasteiger partial charge in [-0.3, -0.25) is 4.79 Å². The number of nitrogens with one attached hydrogen (secondary N) is 1. The summed E-state index contributed by atoms with van der Waals surface area (Å²) in [6, 6.07) is 19.1. The maximum Gasteiger partial charge on any atom is 0.361 e. The fourth-order valence-corrected chi connectivity index (χ4v) is 2.53. The topological polar surface area (TPSA) is 81.4 Å². The third-order valence-electron chi connectivity index (χ3n) is 3.92. The molecule has 0 aliphatic rings. The predicted molar refractivity (Wildman–Crippen MR) is 100 cm³/mol. The third-order valence-corrected chi connectivity index (χ3v) is 3.92. The molecule has 0 atom stereocenters. The second-order valence-electron chi connectivity index (χ2n) is 5.95. The number of hydrogen-bond acceptors (Lipinski definition) is 5. The van der Waals surface area contributed by atoms with Crippen LogP contribution >= 0.6 is 0 Å². The van der Waals surface area contributed by atoms with Crippen molar-refractivity contribution in [1.82, 2.24) is 10.3 Å². The van der Waals surface area contributed by atoms with Crippen LogP contribution in [0.15, 0.2) is 65.1 Å². The minimum atomic E-state index is -0.684. The number of rotatable bonds is 7. The molecule has 0 saturated carbocycles. The van der Waals surface area contributed by atoms with Crippen LogP contribution in [-0.2, 0) is 16.0 Å². The number of aromatic nitrogens is 1. The van der Waals surface area contributed by atoms with Crippen molar-refractivity contribution >= 4 is 11.9 Å². The summed E-state index contributed by atoms with van der Waals surface area (Å²) >= 11 is 0. The lowest BCUT2D eigenvalue weighted by molar-refractivity contribution is -0.124. The summed E-state index contributed by atoms with van der Waals surface area (Å²) < 4.78 is 10.6. The van der Waals surface area contributed by atoms with Gasteiger partial charge in [0.1, 0.15) is 5.76 Å². The van der Waals surface area contributed by atoms with Gasteiger partial charge in [0.05, 0.1) is 0 Å². The minimum absolute atomic E-state index is 0.0749. The third kappa shape index (κ3) is 5.04. The van der Waals surface area contributed by atoms with E-state index in [9.17, 15) is 9.59 Å². The monoisotopic (exact) mass is 364 g/mol. The van der Waals surface area contributed by atoms with E-state index in [1.165, 1.54) is 0 Å². The maximum atomic E-state index is 12.2. The van der Waals surface area contributed by atoms with Crippen LogP contribution < -0.4 is 5.32 Å². The van der Waals surface area contributed by atoms with Crippen LogP contribution in [0.5, 0.6) is 0 Å². The number of ether oxygens (including phenoxy) is 1. The van der Waals surface area contributed by atoms with Crippen molar-refractivity contribution in [2.24, 2.45) is 0 Å². The maximum absolute atomic E-state index is 12.2. The quantitative estimate of drug-likeness (QED) is 0.651. The number of benzene rings is 2. The first-order valence-corrected chi connectivity index (χ1v) is 8.64. The molecule has 0 radical (unpaired) electrons. The van der Waals surface area contributed by atoms with Crippen molar-refractivity contribution in [3.8, 4) is 11.5 Å². The fourth-order valence-electron chi connectivity index (χ4n) is 2.53. The highest BCUT2D eigenvalue weighted by Gasteiger charge is 2.20. The fraction of sp³-hybridized carbons (Fsp3) is 0.190. The molecule has 138 valence electrons. The van der Waals surface area contributed by atoms with Crippen LogP contribution in [0.4, 0.5) is 0 Å². The lowest BCUT2D eigenvalue weighted by atomic mass is 10.1. The largest absolute Gasteiger partial charge is 0.451 e. The van der Waals surface area contributed by atoms with E-state index in [2.05, 4.69) is 10.3 Å². The lowest BCUT2D eigenvalue weighted by Crippen LogP contribution is -2.30. The zero-order valence-corrected chi connectivity index (χ0v) is 15.0. The van der Waals surface area contributed by atoms with E-state index in [1.807, 2.05) is 60.7 Å². The Kier molecular flexibility index (Phi) is 5.99. The van der Waals surface area contributed by atoms with Gasteiger partial charge in [-0.25, -0.2) is 9.78 Å². The van der Waals surface area contributed by atoms with Gasteiger partial charge in [-0.15, -0.1) is 0 Å². The predicted octanol–water partition coefficient (Wildman–Crippen LogP) is 3.17. The summed E-state index contributed by atoms with van der Waals surface area (Å²) in [5.74, 6) is -0.351. The highest BCUT2D eigenvalue weighted by Crippen LogP contribution is 2.21. The van der Waals surface area contributed by atoms with Crippen molar-refractivity contribution in [2.75, 3.05) is 13.2 Å². The van der Waals surface area contributed by atoms with E-state index in [-0.39, 0.29) is 18.2 Å². The van der Waals surface area contributed by atoms with Gasteiger partial charge in [-0.05, 0) is 31.0 Å². The summed E-state index contributed by atoms with van der Waals surface area (Å²) in [5, 5.41) is 2.72. The molecule has 0 unspecified atom stereocenters. The Balaban J connectivity index is 1.49. The molecule has 6 heteroatoms. The van der Waals surface area contributed by atoms with Crippen LogP contribution in [0.25, 0.3) is 11.5 Å². The van der Waals surface area contributed by atoms with E-state index >= 15 is 0 Å². The van der Waals surface area contributed by atoms with Gasteiger partial charge in [0.25, 0.3) is 5.91 Å².